The third kappa shape index (κ3) is 4.82. The standard InChI is InChI=1S/C20H28ClNO5/c1-6-24-18-13(4)20(25-7-2,26-8-3)27-14(5)17(18)19(23)22-16-11-9-15(21)10-12-16/h9-13,18H,6-8H2,1-5H3,(H,22,23)/t13-,18-/m0/s1. The van der Waals surface area contributed by atoms with E-state index in [9.17, 15) is 4.79 Å². The van der Waals surface area contributed by atoms with Crippen LogP contribution in [0, 0.1) is 5.92 Å². The Morgan fingerprint density at radius 2 is 1.74 bits per heavy atom. The van der Waals surface area contributed by atoms with Crippen molar-refractivity contribution in [1.29, 1.82) is 0 Å². The minimum Gasteiger partial charge on any atom is -0.443 e. The Morgan fingerprint density at radius 3 is 2.26 bits per heavy atom. The van der Waals surface area contributed by atoms with Gasteiger partial charge in [0, 0.05) is 17.3 Å². The lowest BCUT2D eigenvalue weighted by Crippen LogP contribution is -2.55. The highest BCUT2D eigenvalue weighted by atomic mass is 35.5. The zero-order chi connectivity index (χ0) is 20.0. The fourth-order valence-corrected chi connectivity index (χ4v) is 3.32. The van der Waals surface area contributed by atoms with Crippen LogP contribution in [0.2, 0.25) is 5.02 Å². The molecule has 0 aromatic heterocycles. The number of rotatable bonds is 8. The number of ether oxygens (including phenoxy) is 4. The van der Waals surface area contributed by atoms with E-state index in [0.29, 0.717) is 41.9 Å². The molecule has 6 nitrogen and oxygen atoms in total. The van der Waals surface area contributed by atoms with Gasteiger partial charge in [0.15, 0.2) is 0 Å². The summed E-state index contributed by atoms with van der Waals surface area (Å²) in [4.78, 5) is 13.0. The molecule has 1 aromatic carbocycles. The van der Waals surface area contributed by atoms with Crippen molar-refractivity contribution in [1.82, 2.24) is 0 Å². The molecule has 1 amide bonds. The molecule has 0 bridgehead atoms. The summed E-state index contributed by atoms with van der Waals surface area (Å²) in [5.74, 6) is -1.51. The lowest BCUT2D eigenvalue weighted by molar-refractivity contribution is -0.401. The van der Waals surface area contributed by atoms with E-state index in [0.717, 1.165) is 0 Å². The van der Waals surface area contributed by atoms with Crippen LogP contribution in [-0.2, 0) is 23.7 Å². The number of benzene rings is 1. The van der Waals surface area contributed by atoms with E-state index < -0.39 is 12.1 Å². The molecule has 0 spiro atoms. The fourth-order valence-electron chi connectivity index (χ4n) is 3.19. The molecule has 0 fully saturated rings. The molecule has 1 heterocycles. The number of halogens is 1. The summed E-state index contributed by atoms with van der Waals surface area (Å²) in [6.45, 7) is 10.5. The lowest BCUT2D eigenvalue weighted by atomic mass is 9.90. The van der Waals surface area contributed by atoms with Crippen LogP contribution in [0.15, 0.2) is 35.6 Å². The fraction of sp³-hybridized carbons (Fsp3) is 0.550. The average molecular weight is 398 g/mol. The SMILES string of the molecule is CCO[C@@H]1C(C(=O)Nc2ccc(Cl)cc2)=C(C)OC(OCC)(OCC)[C@H]1C. The van der Waals surface area contributed by atoms with Crippen molar-refractivity contribution in [2.45, 2.75) is 46.7 Å². The number of anilines is 1. The van der Waals surface area contributed by atoms with Gasteiger partial charge >= 0.3 is 5.97 Å². The van der Waals surface area contributed by atoms with Crippen molar-refractivity contribution in [3.63, 3.8) is 0 Å². The van der Waals surface area contributed by atoms with Gasteiger partial charge in [0.2, 0.25) is 0 Å². The molecule has 27 heavy (non-hydrogen) atoms. The summed E-state index contributed by atoms with van der Waals surface area (Å²) in [5.41, 5.74) is 1.06. The van der Waals surface area contributed by atoms with Gasteiger partial charge in [0.05, 0.1) is 24.7 Å². The highest BCUT2D eigenvalue weighted by molar-refractivity contribution is 6.30. The number of hydrogen-bond donors (Lipinski definition) is 1. The maximum atomic E-state index is 13.0. The highest BCUT2D eigenvalue weighted by Crippen LogP contribution is 2.40. The molecular weight excluding hydrogens is 370 g/mol. The minimum atomic E-state index is -1.28. The van der Waals surface area contributed by atoms with Crippen LogP contribution < -0.4 is 5.32 Å². The van der Waals surface area contributed by atoms with Gasteiger partial charge in [-0.1, -0.05) is 18.5 Å². The zero-order valence-corrected chi connectivity index (χ0v) is 17.3. The molecule has 1 N–H and O–H groups in total. The first-order valence-corrected chi connectivity index (χ1v) is 9.62. The number of carbonyl (C=O) groups excluding carboxylic acids is 1. The Morgan fingerprint density at radius 1 is 1.15 bits per heavy atom. The van der Waals surface area contributed by atoms with E-state index in [4.69, 9.17) is 30.5 Å². The van der Waals surface area contributed by atoms with Crippen LogP contribution in [0.1, 0.15) is 34.6 Å². The molecule has 1 aliphatic rings. The maximum Gasteiger partial charge on any atom is 0.332 e. The van der Waals surface area contributed by atoms with Crippen LogP contribution in [0.5, 0.6) is 0 Å². The van der Waals surface area contributed by atoms with Crippen LogP contribution in [0.4, 0.5) is 5.69 Å². The van der Waals surface area contributed by atoms with Gasteiger partial charge in [-0.15, -0.1) is 0 Å². The van der Waals surface area contributed by atoms with E-state index in [1.54, 1.807) is 31.2 Å². The Labute approximate surface area is 165 Å². The molecule has 1 aliphatic heterocycles. The van der Waals surface area contributed by atoms with Gasteiger partial charge in [-0.05, 0) is 52.0 Å². The third-order valence-corrected chi connectivity index (χ3v) is 4.61. The number of nitrogens with one attached hydrogen (secondary N) is 1. The summed E-state index contributed by atoms with van der Waals surface area (Å²) < 4.78 is 23.6. The normalized spacial score (nSPS) is 21.7. The molecule has 2 atom stereocenters. The van der Waals surface area contributed by atoms with Gasteiger partial charge in [0.1, 0.15) is 11.9 Å². The van der Waals surface area contributed by atoms with Crippen molar-refractivity contribution in [3.8, 4) is 0 Å². The van der Waals surface area contributed by atoms with Crippen LogP contribution >= 0.6 is 11.6 Å². The summed E-state index contributed by atoms with van der Waals surface area (Å²) in [5, 5.41) is 3.47. The van der Waals surface area contributed by atoms with Crippen molar-refractivity contribution in [2.24, 2.45) is 5.92 Å². The molecule has 0 saturated carbocycles. The number of amides is 1. The number of allylic oxidation sites excluding steroid dienone is 1. The van der Waals surface area contributed by atoms with E-state index in [1.807, 2.05) is 27.7 Å². The molecule has 7 heteroatoms. The molecule has 1 aromatic rings. The van der Waals surface area contributed by atoms with Crippen LogP contribution in [0.25, 0.3) is 0 Å². The summed E-state index contributed by atoms with van der Waals surface area (Å²) in [6.07, 6.45) is -0.533. The lowest BCUT2D eigenvalue weighted by Gasteiger charge is -2.45. The maximum absolute atomic E-state index is 13.0. The summed E-state index contributed by atoms with van der Waals surface area (Å²) >= 11 is 5.90. The van der Waals surface area contributed by atoms with E-state index in [2.05, 4.69) is 5.32 Å². The van der Waals surface area contributed by atoms with Crippen molar-refractivity contribution >= 4 is 23.2 Å². The summed E-state index contributed by atoms with van der Waals surface area (Å²) in [6, 6.07) is 6.91. The van der Waals surface area contributed by atoms with Crippen molar-refractivity contribution < 1.29 is 23.7 Å². The second-order valence-electron chi connectivity index (χ2n) is 6.17. The van der Waals surface area contributed by atoms with Gasteiger partial charge in [-0.2, -0.15) is 0 Å². The Hall–Kier alpha value is -1.60. The third-order valence-electron chi connectivity index (χ3n) is 4.35. The van der Waals surface area contributed by atoms with Gasteiger partial charge < -0.3 is 24.3 Å². The summed E-state index contributed by atoms with van der Waals surface area (Å²) in [7, 11) is 0. The van der Waals surface area contributed by atoms with Crippen molar-refractivity contribution in [3.05, 3.63) is 40.6 Å². The largest absolute Gasteiger partial charge is 0.443 e. The molecule has 2 rings (SSSR count). The molecule has 0 unspecified atom stereocenters. The number of carbonyl (C=O) groups is 1. The average Bonchev–Trinajstić information content (AvgIpc) is 2.62. The molecule has 0 aliphatic carbocycles. The molecule has 0 saturated heterocycles. The quantitative estimate of drug-likeness (QED) is 0.660. The molecule has 150 valence electrons. The predicted octanol–water partition coefficient (Wildman–Crippen LogP) is 4.35. The highest BCUT2D eigenvalue weighted by Gasteiger charge is 2.52. The first kappa shape index (κ1) is 21.7. The van der Waals surface area contributed by atoms with E-state index >= 15 is 0 Å². The Balaban J connectivity index is 2.36. The van der Waals surface area contributed by atoms with Gasteiger partial charge in [-0.3, -0.25) is 4.79 Å². The van der Waals surface area contributed by atoms with Gasteiger partial charge in [0.25, 0.3) is 5.91 Å². The monoisotopic (exact) mass is 397 g/mol. The van der Waals surface area contributed by atoms with Gasteiger partial charge in [-0.25, -0.2) is 0 Å². The van der Waals surface area contributed by atoms with E-state index in [-0.39, 0.29) is 11.8 Å². The predicted molar refractivity (Wildman–Crippen MR) is 104 cm³/mol. The van der Waals surface area contributed by atoms with Crippen LogP contribution in [-0.4, -0.2) is 37.8 Å². The molecular formula is C20H28ClNO5. The second kappa shape index (κ2) is 9.55. The minimum absolute atomic E-state index is 0.290. The zero-order valence-electron chi connectivity index (χ0n) is 16.5. The van der Waals surface area contributed by atoms with E-state index in [1.165, 1.54) is 0 Å². The Bertz CT molecular complexity index is 667. The first-order chi connectivity index (χ1) is 12.9. The second-order valence-corrected chi connectivity index (χ2v) is 6.60. The first-order valence-electron chi connectivity index (χ1n) is 9.24. The molecule has 0 radical (unpaired) electrons. The van der Waals surface area contributed by atoms with Crippen molar-refractivity contribution in [2.75, 3.05) is 25.1 Å². The Kier molecular flexibility index (Phi) is 7.68. The smallest absolute Gasteiger partial charge is 0.332 e. The topological polar surface area (TPSA) is 66.0 Å². The number of hydrogen-bond acceptors (Lipinski definition) is 5. The van der Waals surface area contributed by atoms with Crippen LogP contribution in [0.3, 0.4) is 0 Å².